The van der Waals surface area contributed by atoms with Crippen molar-refractivity contribution in [3.63, 3.8) is 0 Å². The van der Waals surface area contributed by atoms with Crippen LogP contribution in [-0.4, -0.2) is 5.01 Å². The molecule has 0 aliphatic carbocycles. The van der Waals surface area contributed by atoms with Gasteiger partial charge in [0.2, 0.25) is 0 Å². The molecule has 0 amide bonds. The minimum Gasteiger partial charge on any atom is -0.477 e. The molecular weight excluding hydrogens is 432 g/mol. The van der Waals surface area contributed by atoms with E-state index in [1.807, 2.05) is 19.1 Å². The number of hydrogen-bond donors (Lipinski definition) is 0. The average molecular weight is 438 g/mol. The van der Waals surface area contributed by atoms with E-state index in [-0.39, 0.29) is 5.01 Å². The molecule has 1 aromatic rings. The normalized spacial score (nSPS) is 12.7. The molecule has 0 aromatic heterocycles. The van der Waals surface area contributed by atoms with Crippen molar-refractivity contribution >= 4 is 63.7 Å². The van der Waals surface area contributed by atoms with E-state index in [2.05, 4.69) is 63.7 Å². The summed E-state index contributed by atoms with van der Waals surface area (Å²) in [5.74, 6) is 0.799. The predicted molar refractivity (Wildman–Crippen MR) is 68.6 cm³/mol. The van der Waals surface area contributed by atoms with Crippen LogP contribution in [0, 0.1) is 0 Å². The number of benzene rings is 1. The fraction of sp³-hybridized carbons (Fsp3) is 0.250. The first-order valence-corrected chi connectivity index (χ1v) is 6.75. The van der Waals surface area contributed by atoms with Gasteiger partial charge in [0.15, 0.2) is 5.01 Å². The number of alkyl halides is 1. The zero-order valence-corrected chi connectivity index (χ0v) is 13.0. The molecule has 0 bridgehead atoms. The lowest BCUT2D eigenvalue weighted by atomic mass is 10.3. The largest absolute Gasteiger partial charge is 0.477 e. The smallest absolute Gasteiger partial charge is 0.150 e. The summed E-state index contributed by atoms with van der Waals surface area (Å²) in [5, 5.41) is -0.0127. The Morgan fingerprint density at radius 1 is 1.15 bits per heavy atom. The maximum atomic E-state index is 5.53. The van der Waals surface area contributed by atoms with Gasteiger partial charge in [-0.25, -0.2) is 0 Å². The molecule has 1 atom stereocenters. The van der Waals surface area contributed by atoms with Gasteiger partial charge < -0.3 is 4.74 Å². The van der Waals surface area contributed by atoms with E-state index < -0.39 is 0 Å². The maximum Gasteiger partial charge on any atom is 0.150 e. The second-order valence-corrected chi connectivity index (χ2v) is 6.27. The summed E-state index contributed by atoms with van der Waals surface area (Å²) in [6, 6.07) is 3.88. The van der Waals surface area contributed by atoms with Crippen LogP contribution in [0.3, 0.4) is 0 Å². The molecule has 13 heavy (non-hydrogen) atoms. The van der Waals surface area contributed by atoms with Crippen LogP contribution >= 0.6 is 63.7 Å². The van der Waals surface area contributed by atoms with Crippen molar-refractivity contribution in [2.45, 2.75) is 11.9 Å². The number of halogens is 4. The van der Waals surface area contributed by atoms with E-state index >= 15 is 0 Å². The van der Waals surface area contributed by atoms with Gasteiger partial charge in [0, 0.05) is 4.47 Å². The van der Waals surface area contributed by atoms with Gasteiger partial charge in [-0.2, -0.15) is 0 Å². The van der Waals surface area contributed by atoms with Crippen molar-refractivity contribution in [1.82, 2.24) is 0 Å². The van der Waals surface area contributed by atoms with E-state index in [0.29, 0.717) is 0 Å². The Hall–Kier alpha value is 0.940. The van der Waals surface area contributed by atoms with Crippen LogP contribution in [0.25, 0.3) is 0 Å². The lowest BCUT2D eigenvalue weighted by Crippen LogP contribution is -2.02. The third kappa shape index (κ3) is 3.53. The predicted octanol–water partition coefficient (Wildman–Crippen LogP) is 5.09. The Morgan fingerprint density at radius 2 is 1.62 bits per heavy atom. The van der Waals surface area contributed by atoms with Crippen molar-refractivity contribution in [2.75, 3.05) is 0 Å². The molecule has 0 saturated carbocycles. The van der Waals surface area contributed by atoms with Gasteiger partial charge in [-0.3, -0.25) is 0 Å². The zero-order valence-electron chi connectivity index (χ0n) is 6.65. The van der Waals surface area contributed by atoms with Crippen LogP contribution < -0.4 is 4.74 Å². The van der Waals surface area contributed by atoms with Gasteiger partial charge in [0.25, 0.3) is 0 Å². The minimum absolute atomic E-state index is 0.0127. The second-order valence-electron chi connectivity index (χ2n) is 2.36. The summed E-state index contributed by atoms with van der Waals surface area (Å²) in [6.45, 7) is 1.92. The third-order valence-corrected chi connectivity index (χ3v) is 3.07. The van der Waals surface area contributed by atoms with Crippen molar-refractivity contribution in [3.05, 3.63) is 25.6 Å². The van der Waals surface area contributed by atoms with Gasteiger partial charge in [0.1, 0.15) is 5.75 Å². The molecule has 0 heterocycles. The lowest BCUT2D eigenvalue weighted by molar-refractivity contribution is 0.310. The molecule has 1 unspecified atom stereocenters. The Morgan fingerprint density at radius 3 is 2.00 bits per heavy atom. The van der Waals surface area contributed by atoms with Crippen molar-refractivity contribution in [2.24, 2.45) is 0 Å². The van der Waals surface area contributed by atoms with Gasteiger partial charge in [-0.15, -0.1) is 0 Å². The molecule has 5 heteroatoms. The number of hydrogen-bond acceptors (Lipinski definition) is 1. The first-order valence-electron chi connectivity index (χ1n) is 3.46. The summed E-state index contributed by atoms with van der Waals surface area (Å²) >= 11 is 13.5. The van der Waals surface area contributed by atoms with E-state index in [1.165, 1.54) is 0 Å². The van der Waals surface area contributed by atoms with E-state index in [4.69, 9.17) is 4.74 Å². The zero-order chi connectivity index (χ0) is 10.0. The average Bonchev–Trinajstić information content (AvgIpc) is 1.96. The molecule has 1 aromatic carbocycles. The molecule has 0 aliphatic heterocycles. The molecular formula is C8H6Br4O. The quantitative estimate of drug-likeness (QED) is 0.585. The first kappa shape index (κ1) is 12.0. The Labute approximate surface area is 111 Å². The van der Waals surface area contributed by atoms with Crippen LogP contribution in [0.1, 0.15) is 6.92 Å². The van der Waals surface area contributed by atoms with Crippen LogP contribution in [0.4, 0.5) is 0 Å². The highest BCUT2D eigenvalue weighted by Gasteiger charge is 2.09. The monoisotopic (exact) mass is 434 g/mol. The summed E-state index contributed by atoms with van der Waals surface area (Å²) < 4.78 is 8.37. The third-order valence-electron chi connectivity index (χ3n) is 1.24. The summed E-state index contributed by atoms with van der Waals surface area (Å²) in [6.07, 6.45) is 0. The Balaban J connectivity index is 3.06. The molecule has 72 valence electrons. The van der Waals surface area contributed by atoms with E-state index in [9.17, 15) is 0 Å². The van der Waals surface area contributed by atoms with Crippen molar-refractivity contribution in [3.8, 4) is 5.75 Å². The van der Waals surface area contributed by atoms with Gasteiger partial charge >= 0.3 is 0 Å². The molecule has 1 nitrogen and oxygen atoms in total. The van der Waals surface area contributed by atoms with Crippen molar-refractivity contribution < 1.29 is 4.74 Å². The SMILES string of the molecule is CC(Br)Oc1c(Br)cc(Br)cc1Br. The topological polar surface area (TPSA) is 9.23 Å². The van der Waals surface area contributed by atoms with E-state index in [1.54, 1.807) is 0 Å². The first-order chi connectivity index (χ1) is 6.00. The molecule has 0 aliphatic rings. The highest BCUT2D eigenvalue weighted by Crippen LogP contribution is 2.37. The number of ether oxygens (including phenoxy) is 1. The number of rotatable bonds is 2. The van der Waals surface area contributed by atoms with Crippen LogP contribution in [0.5, 0.6) is 5.75 Å². The fourth-order valence-electron chi connectivity index (χ4n) is 0.804. The molecule has 1 rings (SSSR count). The van der Waals surface area contributed by atoms with E-state index in [0.717, 1.165) is 19.2 Å². The Bertz CT molecular complexity index is 288. The minimum atomic E-state index is -0.0127. The fourth-order valence-corrected chi connectivity index (χ4v) is 3.44. The standard InChI is InChI=1S/C8H6Br4O/c1-4(9)13-8-6(11)2-5(10)3-7(8)12/h2-4H,1H3. The van der Waals surface area contributed by atoms with Gasteiger partial charge in [-0.05, 0) is 66.8 Å². The van der Waals surface area contributed by atoms with Crippen molar-refractivity contribution in [1.29, 1.82) is 0 Å². The summed E-state index contributed by atoms with van der Waals surface area (Å²) in [4.78, 5) is 0. The lowest BCUT2D eigenvalue weighted by Gasteiger charge is -2.12. The van der Waals surface area contributed by atoms with Gasteiger partial charge in [-0.1, -0.05) is 15.9 Å². The molecule has 0 saturated heterocycles. The molecule has 0 fully saturated rings. The Kier molecular flexibility index (Phi) is 4.75. The van der Waals surface area contributed by atoms with Crippen LogP contribution in [-0.2, 0) is 0 Å². The maximum absolute atomic E-state index is 5.53. The highest BCUT2D eigenvalue weighted by atomic mass is 79.9. The molecule has 0 radical (unpaired) electrons. The summed E-state index contributed by atoms with van der Waals surface area (Å²) in [7, 11) is 0. The summed E-state index contributed by atoms with van der Waals surface area (Å²) in [5.41, 5.74) is 0. The highest BCUT2D eigenvalue weighted by molar-refractivity contribution is 9.11. The molecule has 0 spiro atoms. The van der Waals surface area contributed by atoms with Crippen LogP contribution in [0.15, 0.2) is 25.6 Å². The van der Waals surface area contributed by atoms with Gasteiger partial charge in [0.05, 0.1) is 8.95 Å². The molecule has 0 N–H and O–H groups in total. The van der Waals surface area contributed by atoms with Crippen LogP contribution in [0.2, 0.25) is 0 Å². The second kappa shape index (κ2) is 5.14.